The Kier molecular flexibility index (Phi) is 4.64. The lowest BCUT2D eigenvalue weighted by Gasteiger charge is -2.32. The summed E-state index contributed by atoms with van der Waals surface area (Å²) in [5.41, 5.74) is 4.29. The second-order valence-corrected chi connectivity index (χ2v) is 8.79. The maximum absolute atomic E-state index is 11.3. The molecule has 2 aromatic carbocycles. The summed E-state index contributed by atoms with van der Waals surface area (Å²) >= 11 is 0. The van der Waals surface area contributed by atoms with Gasteiger partial charge in [-0.3, -0.25) is 4.55 Å². The normalized spacial score (nSPS) is 16.2. The van der Waals surface area contributed by atoms with Crippen LogP contribution in [0, 0.1) is 6.92 Å². The molecule has 2 aromatic rings. The van der Waals surface area contributed by atoms with Gasteiger partial charge in [-0.2, -0.15) is 8.42 Å². The first-order valence-electron chi connectivity index (χ1n) is 8.52. The highest BCUT2D eigenvalue weighted by molar-refractivity contribution is 7.85. The van der Waals surface area contributed by atoms with Gasteiger partial charge in [-0.15, -0.1) is 0 Å². The van der Waals surface area contributed by atoms with Gasteiger partial charge in [0.2, 0.25) is 0 Å². The van der Waals surface area contributed by atoms with Crippen LogP contribution >= 0.6 is 0 Å². The molecule has 25 heavy (non-hydrogen) atoms. The van der Waals surface area contributed by atoms with Crippen molar-refractivity contribution in [1.29, 1.82) is 0 Å². The van der Waals surface area contributed by atoms with Crippen LogP contribution < -0.4 is 4.74 Å². The zero-order chi connectivity index (χ0) is 18.2. The van der Waals surface area contributed by atoms with E-state index in [0.717, 1.165) is 42.6 Å². The van der Waals surface area contributed by atoms with Gasteiger partial charge in [0.15, 0.2) is 0 Å². The minimum atomic E-state index is -4.16. The van der Waals surface area contributed by atoms with E-state index in [9.17, 15) is 13.0 Å². The van der Waals surface area contributed by atoms with Crippen molar-refractivity contribution >= 4 is 10.1 Å². The predicted molar refractivity (Wildman–Crippen MR) is 97.9 cm³/mol. The molecule has 134 valence electrons. The molecule has 3 rings (SSSR count). The number of hydrogen-bond donors (Lipinski definition) is 1. The van der Waals surface area contributed by atoms with Crippen LogP contribution in [-0.4, -0.2) is 18.6 Å². The molecule has 1 N–H and O–H groups in total. The Morgan fingerprint density at radius 3 is 2.60 bits per heavy atom. The molecule has 0 fully saturated rings. The second-order valence-electron chi connectivity index (χ2n) is 7.37. The van der Waals surface area contributed by atoms with Gasteiger partial charge in [-0.1, -0.05) is 18.2 Å². The molecule has 0 radical (unpaired) electrons. The first-order chi connectivity index (χ1) is 11.6. The van der Waals surface area contributed by atoms with E-state index in [1.54, 1.807) is 12.1 Å². The molecule has 0 amide bonds. The fourth-order valence-electron chi connectivity index (χ4n) is 3.22. The Balaban J connectivity index is 1.77. The van der Waals surface area contributed by atoms with Crippen LogP contribution in [0.2, 0.25) is 0 Å². The molecule has 4 nitrogen and oxygen atoms in total. The topological polar surface area (TPSA) is 63.6 Å². The third-order valence-electron chi connectivity index (χ3n) is 4.81. The van der Waals surface area contributed by atoms with Gasteiger partial charge < -0.3 is 4.74 Å². The van der Waals surface area contributed by atoms with Crippen molar-refractivity contribution in [2.24, 2.45) is 0 Å². The second kappa shape index (κ2) is 6.46. The third kappa shape index (κ3) is 4.22. The van der Waals surface area contributed by atoms with Crippen LogP contribution in [-0.2, 0) is 29.4 Å². The number of fused-ring (bicyclic) bond motifs is 1. The summed E-state index contributed by atoms with van der Waals surface area (Å²) < 4.78 is 37.9. The maximum Gasteiger partial charge on any atom is 0.294 e. The van der Waals surface area contributed by atoms with E-state index in [4.69, 9.17) is 4.74 Å². The summed E-state index contributed by atoms with van der Waals surface area (Å²) in [7, 11) is -4.16. The lowest BCUT2D eigenvalue weighted by molar-refractivity contribution is 0.0846. The Labute approximate surface area is 149 Å². The standard InChI is InChI=1S/C20H24O4S/c1-14-4-8-18(25(21,22)23)13-16(14)7-5-15-6-9-19-17(12-15)10-11-20(2,3)24-19/h4,6,8-9,12-13H,5,7,10-11H2,1-3H3,(H,21,22,23). The van der Waals surface area contributed by atoms with Crippen molar-refractivity contribution in [2.45, 2.75) is 57.0 Å². The minimum Gasteiger partial charge on any atom is -0.488 e. The number of benzene rings is 2. The first kappa shape index (κ1) is 18.0. The first-order valence-corrected chi connectivity index (χ1v) is 9.96. The smallest absolute Gasteiger partial charge is 0.294 e. The van der Waals surface area contributed by atoms with Crippen molar-refractivity contribution in [3.8, 4) is 5.75 Å². The van der Waals surface area contributed by atoms with E-state index in [0.29, 0.717) is 0 Å². The Bertz CT molecular complexity index is 898. The van der Waals surface area contributed by atoms with Gasteiger partial charge >= 0.3 is 0 Å². The lowest BCUT2D eigenvalue weighted by atomic mass is 9.92. The number of ether oxygens (including phenoxy) is 1. The molecule has 0 aromatic heterocycles. The molecular weight excluding hydrogens is 336 g/mol. The van der Waals surface area contributed by atoms with Crippen molar-refractivity contribution < 1.29 is 17.7 Å². The molecule has 0 unspecified atom stereocenters. The highest BCUT2D eigenvalue weighted by Crippen LogP contribution is 2.33. The van der Waals surface area contributed by atoms with Gasteiger partial charge in [0.1, 0.15) is 11.4 Å². The quantitative estimate of drug-likeness (QED) is 0.833. The largest absolute Gasteiger partial charge is 0.488 e. The predicted octanol–water partition coefficient (Wildman–Crippen LogP) is 4.13. The van der Waals surface area contributed by atoms with Crippen molar-refractivity contribution in [3.63, 3.8) is 0 Å². The van der Waals surface area contributed by atoms with Crippen LogP contribution in [0.15, 0.2) is 41.3 Å². The zero-order valence-electron chi connectivity index (χ0n) is 14.9. The van der Waals surface area contributed by atoms with Crippen LogP contribution in [0.4, 0.5) is 0 Å². The summed E-state index contributed by atoms with van der Waals surface area (Å²) in [6.07, 6.45) is 3.54. The molecule has 0 aliphatic carbocycles. The fraction of sp³-hybridized carbons (Fsp3) is 0.400. The lowest BCUT2D eigenvalue weighted by Crippen LogP contribution is -2.32. The van der Waals surface area contributed by atoms with E-state index in [2.05, 4.69) is 26.0 Å². The fourth-order valence-corrected chi connectivity index (χ4v) is 3.76. The van der Waals surface area contributed by atoms with E-state index in [1.165, 1.54) is 17.2 Å². The van der Waals surface area contributed by atoms with Crippen LogP contribution in [0.5, 0.6) is 5.75 Å². The van der Waals surface area contributed by atoms with E-state index < -0.39 is 10.1 Å². The van der Waals surface area contributed by atoms with E-state index in [1.807, 2.05) is 13.0 Å². The molecule has 0 spiro atoms. The number of rotatable bonds is 4. The van der Waals surface area contributed by atoms with Crippen molar-refractivity contribution in [2.75, 3.05) is 0 Å². The number of hydrogen-bond acceptors (Lipinski definition) is 3. The van der Waals surface area contributed by atoms with Gasteiger partial charge in [-0.05, 0) is 86.9 Å². The zero-order valence-corrected chi connectivity index (χ0v) is 15.7. The van der Waals surface area contributed by atoms with Gasteiger partial charge in [0, 0.05) is 0 Å². The molecule has 5 heteroatoms. The Morgan fingerprint density at radius 1 is 1.12 bits per heavy atom. The summed E-state index contributed by atoms with van der Waals surface area (Å²) in [5, 5.41) is 0. The highest BCUT2D eigenvalue weighted by atomic mass is 32.2. The summed E-state index contributed by atoms with van der Waals surface area (Å²) in [5.74, 6) is 0.963. The van der Waals surface area contributed by atoms with Crippen LogP contribution in [0.25, 0.3) is 0 Å². The summed E-state index contributed by atoms with van der Waals surface area (Å²) in [6.45, 7) is 6.16. The molecule has 1 aliphatic heterocycles. The molecule has 0 atom stereocenters. The molecule has 1 aliphatic rings. The van der Waals surface area contributed by atoms with Crippen LogP contribution in [0.3, 0.4) is 0 Å². The van der Waals surface area contributed by atoms with Crippen molar-refractivity contribution in [3.05, 3.63) is 58.7 Å². The molecule has 0 bridgehead atoms. The van der Waals surface area contributed by atoms with Crippen LogP contribution in [0.1, 0.15) is 42.5 Å². The van der Waals surface area contributed by atoms with Gasteiger partial charge in [-0.25, -0.2) is 0 Å². The molecule has 0 saturated heterocycles. The van der Waals surface area contributed by atoms with E-state index >= 15 is 0 Å². The van der Waals surface area contributed by atoms with Gasteiger partial charge in [0.05, 0.1) is 4.90 Å². The molecule has 1 heterocycles. The van der Waals surface area contributed by atoms with E-state index in [-0.39, 0.29) is 10.5 Å². The molecular formula is C20H24O4S. The highest BCUT2D eigenvalue weighted by Gasteiger charge is 2.26. The monoisotopic (exact) mass is 360 g/mol. The Hall–Kier alpha value is -1.85. The van der Waals surface area contributed by atoms with Gasteiger partial charge in [0.25, 0.3) is 10.1 Å². The summed E-state index contributed by atoms with van der Waals surface area (Å²) in [6, 6.07) is 11.0. The third-order valence-corrected chi connectivity index (χ3v) is 5.66. The SMILES string of the molecule is Cc1ccc(S(=O)(=O)O)cc1CCc1ccc2c(c1)CCC(C)(C)O2. The minimum absolute atomic E-state index is 0.0471. The number of aryl methyl sites for hydroxylation is 4. The Morgan fingerprint density at radius 2 is 1.88 bits per heavy atom. The average molecular weight is 360 g/mol. The maximum atomic E-state index is 11.3. The molecule has 0 saturated carbocycles. The average Bonchev–Trinajstić information content (AvgIpc) is 2.52. The summed E-state index contributed by atoms with van der Waals surface area (Å²) in [4.78, 5) is -0.0471. The van der Waals surface area contributed by atoms with Crippen molar-refractivity contribution in [1.82, 2.24) is 0 Å².